The molecule has 30 heavy (non-hydrogen) atoms. The maximum absolute atomic E-state index is 2.43. The average molecular weight is 583 g/mol. The molecule has 5 rings (SSSR count). The Morgan fingerprint density at radius 3 is 2.10 bits per heavy atom. The van der Waals surface area contributed by atoms with E-state index in [1.165, 1.54) is 16.4 Å². The molecule has 3 atom stereocenters. The van der Waals surface area contributed by atoms with Crippen LogP contribution in [0.15, 0.2) is 90.0 Å². The predicted octanol–water partition coefficient (Wildman–Crippen LogP) is 0.725. The van der Waals surface area contributed by atoms with Crippen LogP contribution in [0.2, 0.25) is 0 Å². The van der Waals surface area contributed by atoms with Crippen molar-refractivity contribution in [2.45, 2.75) is 21.2 Å². The molecular formula is C26H23F2HfP. The Morgan fingerprint density at radius 2 is 1.33 bits per heavy atom. The van der Waals surface area contributed by atoms with E-state index in [9.17, 15) is 0 Å². The molecule has 0 spiro atoms. The molecule has 0 heterocycles. The van der Waals surface area contributed by atoms with Gasteiger partial charge >= 0.3 is 182 Å². The third-order valence-corrected chi connectivity index (χ3v) is 15.2. The number of benzene rings is 3. The Balaban J connectivity index is 0.00000128. The summed E-state index contributed by atoms with van der Waals surface area (Å²) >= 11 is -1.02. The molecule has 0 aromatic heterocycles. The van der Waals surface area contributed by atoms with Crippen LogP contribution in [0.1, 0.15) is 43.5 Å². The van der Waals surface area contributed by atoms with E-state index in [0.29, 0.717) is 3.67 Å². The van der Waals surface area contributed by atoms with Crippen molar-refractivity contribution in [3.8, 4) is 0 Å². The van der Waals surface area contributed by atoms with Gasteiger partial charge in [-0.15, -0.1) is 0 Å². The van der Waals surface area contributed by atoms with Gasteiger partial charge in [0.05, 0.1) is 0 Å². The van der Waals surface area contributed by atoms with Gasteiger partial charge in [0.15, 0.2) is 0 Å². The van der Waals surface area contributed by atoms with E-state index in [0.717, 1.165) is 12.3 Å². The second-order valence-electron chi connectivity index (χ2n) is 7.69. The molecule has 3 aromatic rings. The topological polar surface area (TPSA) is 0 Å². The van der Waals surface area contributed by atoms with Gasteiger partial charge < -0.3 is 9.41 Å². The molecule has 0 saturated carbocycles. The Hall–Kier alpha value is -1.70. The van der Waals surface area contributed by atoms with Gasteiger partial charge in [-0.25, -0.2) is 0 Å². The minimum Gasteiger partial charge on any atom is -1.00 e. The Kier molecular flexibility index (Phi) is 7.37. The summed E-state index contributed by atoms with van der Waals surface area (Å²) in [4.78, 5) is 0. The second kappa shape index (κ2) is 9.62. The molecule has 2 aliphatic carbocycles. The molecule has 0 nitrogen and oxygen atoms in total. The van der Waals surface area contributed by atoms with E-state index < -0.39 is 22.9 Å². The fourth-order valence-corrected chi connectivity index (χ4v) is 13.3. The van der Waals surface area contributed by atoms with Crippen molar-refractivity contribution >= 4 is 25.3 Å². The van der Waals surface area contributed by atoms with Crippen molar-refractivity contribution in [2.75, 3.05) is 0 Å². The van der Waals surface area contributed by atoms with E-state index in [-0.39, 0.29) is 9.41 Å². The number of hydrogen-bond donors (Lipinski definition) is 0. The van der Waals surface area contributed by atoms with E-state index in [4.69, 9.17) is 0 Å². The molecule has 0 radical (unpaired) electrons. The molecule has 0 aliphatic heterocycles. The second-order valence-corrected chi connectivity index (χ2v) is 14.4. The fraction of sp³-hybridized carbons (Fsp3) is 0.154. The van der Waals surface area contributed by atoms with Crippen molar-refractivity contribution in [2.24, 2.45) is 0 Å². The minimum absolute atomic E-state index is 0. The SMILES string of the molecule is CC1=Cc2ccccc2[CH]1[Hf+2][CH]1C(C)=C(Pc2ccccc2)c2ccccc21.[F-].[F-]. The largest absolute Gasteiger partial charge is 1.00 e. The van der Waals surface area contributed by atoms with Gasteiger partial charge in [-0.1, -0.05) is 0 Å². The summed E-state index contributed by atoms with van der Waals surface area (Å²) < 4.78 is 1.44. The van der Waals surface area contributed by atoms with Crippen LogP contribution in [0.5, 0.6) is 0 Å². The van der Waals surface area contributed by atoms with Crippen molar-refractivity contribution in [1.29, 1.82) is 0 Å². The van der Waals surface area contributed by atoms with Crippen LogP contribution in [0.3, 0.4) is 0 Å². The summed E-state index contributed by atoms with van der Waals surface area (Å²) in [6.07, 6.45) is 2.43. The van der Waals surface area contributed by atoms with Crippen LogP contribution >= 0.6 is 8.58 Å². The normalized spacial score (nSPS) is 18.9. The smallest absolute Gasteiger partial charge is 1.00 e. The first kappa shape index (κ1) is 23.0. The van der Waals surface area contributed by atoms with Gasteiger partial charge in [0.25, 0.3) is 0 Å². The quantitative estimate of drug-likeness (QED) is 0.314. The zero-order chi connectivity index (χ0) is 19.1. The van der Waals surface area contributed by atoms with Gasteiger partial charge in [0.1, 0.15) is 0 Å². The molecule has 0 bridgehead atoms. The van der Waals surface area contributed by atoms with Crippen molar-refractivity contribution in [3.05, 3.63) is 112 Å². The molecule has 2 aliphatic rings. The van der Waals surface area contributed by atoms with Gasteiger partial charge in [0, 0.05) is 0 Å². The summed E-state index contributed by atoms with van der Waals surface area (Å²) in [5, 5.41) is 3.05. The first-order chi connectivity index (χ1) is 13.7. The maximum Gasteiger partial charge on any atom is -1.00 e. The Labute approximate surface area is 190 Å². The van der Waals surface area contributed by atoms with Gasteiger partial charge in [0.2, 0.25) is 0 Å². The first-order valence-corrected chi connectivity index (χ1v) is 15.0. The molecule has 0 N–H and O–H groups in total. The fourth-order valence-electron chi connectivity index (χ4n) is 4.48. The predicted molar refractivity (Wildman–Crippen MR) is 119 cm³/mol. The van der Waals surface area contributed by atoms with Crippen LogP contribution in [-0.4, -0.2) is 0 Å². The standard InChI is InChI=1S/C16H14P.C10H9.2FH.Hf/c1-12-11-13-7-5-6-10-15(13)16(12)17-14-8-3-2-4-9-14;1-8-6-9-4-2-3-5-10(9)7-8;;;/h2-11,17H,1H3;2-7H,1H3;2*1H;/q;;;;+2/p-2. The van der Waals surface area contributed by atoms with Crippen LogP contribution in [0.4, 0.5) is 0 Å². The number of halogens is 2. The number of allylic oxidation sites excluding steroid dienone is 2. The molecule has 150 valence electrons. The zero-order valence-corrected chi connectivity index (χ0v) is 21.6. The van der Waals surface area contributed by atoms with Crippen LogP contribution in [0.25, 0.3) is 11.4 Å². The Morgan fingerprint density at radius 1 is 0.700 bits per heavy atom. The third-order valence-electron chi connectivity index (χ3n) is 5.89. The van der Waals surface area contributed by atoms with Crippen molar-refractivity contribution < 1.29 is 32.3 Å². The van der Waals surface area contributed by atoms with Crippen LogP contribution in [-0.2, 0) is 22.9 Å². The Bertz CT molecular complexity index is 1100. The zero-order valence-electron chi connectivity index (χ0n) is 17.0. The van der Waals surface area contributed by atoms with Crippen molar-refractivity contribution in [1.82, 2.24) is 0 Å². The van der Waals surface area contributed by atoms with Gasteiger partial charge in [-0.05, 0) is 0 Å². The third kappa shape index (κ3) is 4.07. The average Bonchev–Trinajstić information content (AvgIpc) is 3.18. The number of rotatable bonds is 4. The van der Waals surface area contributed by atoms with E-state index >= 15 is 0 Å². The molecule has 0 fully saturated rings. The number of fused-ring (bicyclic) bond motifs is 2. The monoisotopic (exact) mass is 584 g/mol. The maximum atomic E-state index is 2.43. The summed E-state index contributed by atoms with van der Waals surface area (Å²) in [7, 11) is 0.758. The number of hydrogen-bond acceptors (Lipinski definition) is 0. The van der Waals surface area contributed by atoms with Gasteiger partial charge in [-0.2, -0.15) is 0 Å². The van der Waals surface area contributed by atoms with Crippen molar-refractivity contribution in [3.63, 3.8) is 0 Å². The van der Waals surface area contributed by atoms with Crippen LogP contribution in [0, 0.1) is 0 Å². The van der Waals surface area contributed by atoms with E-state index in [1.807, 2.05) is 0 Å². The van der Waals surface area contributed by atoms with Gasteiger partial charge in [-0.3, -0.25) is 0 Å². The molecule has 3 aromatic carbocycles. The molecule has 3 unspecified atom stereocenters. The molecule has 0 saturated heterocycles. The first-order valence-electron chi connectivity index (χ1n) is 9.87. The molecule has 0 amide bonds. The van der Waals surface area contributed by atoms with E-state index in [2.05, 4.69) is 98.8 Å². The summed E-state index contributed by atoms with van der Waals surface area (Å²) in [6, 6.07) is 29.3. The minimum atomic E-state index is -1.02. The summed E-state index contributed by atoms with van der Waals surface area (Å²) in [5.41, 5.74) is 9.42. The summed E-state index contributed by atoms with van der Waals surface area (Å²) in [5.74, 6) is 0. The molecular weight excluding hydrogens is 560 g/mol. The van der Waals surface area contributed by atoms with E-state index in [1.54, 1.807) is 27.6 Å². The van der Waals surface area contributed by atoms with Crippen LogP contribution < -0.4 is 14.7 Å². The molecule has 4 heteroatoms. The summed E-state index contributed by atoms with van der Waals surface area (Å²) in [6.45, 7) is 4.77.